The van der Waals surface area contributed by atoms with Crippen LogP contribution in [0.4, 0.5) is 0 Å². The number of rotatable bonds is 13. The van der Waals surface area contributed by atoms with Crippen molar-refractivity contribution >= 4 is 35.3 Å². The molecular formula is C38H36N4O13. The normalized spacial score (nSPS) is 25.4. The number of amidine groups is 1. The van der Waals surface area contributed by atoms with Gasteiger partial charge in [0.15, 0.2) is 17.6 Å². The smallest absolute Gasteiger partial charge is 0.336 e. The first-order valence-electron chi connectivity index (χ1n) is 17.0. The molecule has 6 atom stereocenters. The number of nitrogens with zero attached hydrogens (tertiary/aromatic N) is 3. The number of carbonyl (C=O) groups is 1. The van der Waals surface area contributed by atoms with E-state index < -0.39 is 60.2 Å². The van der Waals surface area contributed by atoms with Gasteiger partial charge in [-0.1, -0.05) is 24.3 Å². The molecule has 1 saturated heterocycles. The lowest BCUT2D eigenvalue weighted by atomic mass is 9.80. The topological polar surface area (TPSA) is 266 Å². The lowest BCUT2D eigenvalue weighted by Crippen LogP contribution is -2.69. The Morgan fingerprint density at radius 1 is 1.04 bits per heavy atom. The summed E-state index contributed by atoms with van der Waals surface area (Å²) < 4.78 is 29.4. The first kappa shape index (κ1) is 37.1. The Labute approximate surface area is 312 Å². The van der Waals surface area contributed by atoms with Gasteiger partial charge in [-0.2, -0.15) is 0 Å². The Morgan fingerprint density at radius 3 is 2.53 bits per heavy atom. The van der Waals surface area contributed by atoms with Crippen LogP contribution < -0.4 is 18.9 Å². The number of hydrogen-bond donors (Lipinski definition) is 8. The van der Waals surface area contributed by atoms with Gasteiger partial charge < -0.3 is 59.4 Å². The van der Waals surface area contributed by atoms with Crippen molar-refractivity contribution < 1.29 is 64.2 Å². The van der Waals surface area contributed by atoms with E-state index in [-0.39, 0.29) is 53.3 Å². The molecule has 0 aromatic heterocycles. The van der Waals surface area contributed by atoms with Crippen LogP contribution in [0.2, 0.25) is 0 Å². The number of allylic oxidation sites excluding steroid dienone is 1. The lowest BCUT2D eigenvalue weighted by molar-refractivity contribution is -0.303. The monoisotopic (exact) mass is 756 g/mol. The zero-order chi connectivity index (χ0) is 38.9. The summed E-state index contributed by atoms with van der Waals surface area (Å²) in [6.07, 6.45) is -3.15. The number of aliphatic imine (C=N–C) groups is 3. The van der Waals surface area contributed by atoms with E-state index in [0.29, 0.717) is 29.9 Å². The summed E-state index contributed by atoms with van der Waals surface area (Å²) in [5, 5.41) is 83.9. The van der Waals surface area contributed by atoms with E-state index in [1.54, 1.807) is 48.6 Å². The van der Waals surface area contributed by atoms with E-state index in [1.807, 2.05) is 0 Å². The largest absolute Gasteiger partial charge is 0.508 e. The van der Waals surface area contributed by atoms with E-state index in [2.05, 4.69) is 15.0 Å². The van der Waals surface area contributed by atoms with Gasteiger partial charge in [-0.3, -0.25) is 10.4 Å². The molecule has 0 amide bonds. The number of aromatic hydroxyl groups is 2. The number of phenols is 2. The molecule has 0 spiro atoms. The summed E-state index contributed by atoms with van der Waals surface area (Å²) in [7, 11) is 0. The predicted molar refractivity (Wildman–Crippen MR) is 195 cm³/mol. The molecule has 55 heavy (non-hydrogen) atoms. The van der Waals surface area contributed by atoms with Gasteiger partial charge in [-0.15, -0.1) is 0 Å². The van der Waals surface area contributed by atoms with E-state index in [1.165, 1.54) is 30.6 Å². The highest BCUT2D eigenvalue weighted by molar-refractivity contribution is 6.14. The quantitative estimate of drug-likeness (QED) is 0.125. The van der Waals surface area contributed by atoms with E-state index >= 15 is 0 Å². The molecule has 17 heteroatoms. The number of ether oxygens (including phenoxy) is 5. The van der Waals surface area contributed by atoms with Crippen LogP contribution in [0.3, 0.4) is 0 Å². The molecule has 17 nitrogen and oxygen atoms in total. The van der Waals surface area contributed by atoms with E-state index in [0.717, 1.165) is 5.71 Å². The Kier molecular flexibility index (Phi) is 10.3. The van der Waals surface area contributed by atoms with Crippen molar-refractivity contribution in [3.05, 3.63) is 89.5 Å². The molecule has 3 aromatic rings. The fourth-order valence-electron chi connectivity index (χ4n) is 6.47. The first-order valence-corrected chi connectivity index (χ1v) is 17.0. The Morgan fingerprint density at radius 2 is 1.84 bits per heavy atom. The van der Waals surface area contributed by atoms with Crippen molar-refractivity contribution in [3.8, 4) is 34.5 Å². The third-order valence-electron chi connectivity index (χ3n) is 9.22. The van der Waals surface area contributed by atoms with Crippen LogP contribution in [0, 0.1) is 5.41 Å². The molecule has 286 valence electrons. The minimum atomic E-state index is -2.54. The number of aliphatic carboxylic acids is 1. The summed E-state index contributed by atoms with van der Waals surface area (Å²) in [4.78, 5) is 24.3. The van der Waals surface area contributed by atoms with Crippen LogP contribution in [0.5, 0.6) is 34.5 Å². The molecule has 0 aliphatic carbocycles. The number of benzene rings is 3. The van der Waals surface area contributed by atoms with Crippen molar-refractivity contribution in [2.24, 2.45) is 15.0 Å². The maximum absolute atomic E-state index is 12.4. The molecule has 3 aromatic carbocycles. The highest BCUT2D eigenvalue weighted by atomic mass is 16.7. The van der Waals surface area contributed by atoms with Gasteiger partial charge >= 0.3 is 5.97 Å². The van der Waals surface area contributed by atoms with Gasteiger partial charge in [0.25, 0.3) is 0 Å². The average Bonchev–Trinajstić information content (AvgIpc) is 3.82. The standard InChI is InChI=1S/C38H36N4O13/c39-29-9-6-21(42-29)10-11-51-24-7-4-20(5-8-24)26-13-25(44)30-27(53-26)14-28(33(31(30)45)52-17-19-2-1-3-23(43)12-19)54-37-32(46)34(47)38(50,35(55-37)36(48)49)15-22-16-40-18-41-22/h1-9,12-14,18,26,32,34-35,37,39,43-47,50H,10-11,15-17H2,(H,48,49)/t26?,32-,34+,35-,37-,38+/m1/s1. The number of carboxylic acid groups (broad SMARTS) is 1. The summed E-state index contributed by atoms with van der Waals surface area (Å²) in [6.45, 7) is 0.134. The Hall–Kier alpha value is -6.27. The van der Waals surface area contributed by atoms with Crippen molar-refractivity contribution in [1.29, 1.82) is 5.41 Å². The SMILES string of the molecule is N=C1C=CC(CCOc2ccc(C3C=C(O)c4c(cc(O[C@@H]5O[C@H](C(=O)O)[C@](O)(CC6=NC=NC6)[C@@H](O)[C@H]5O)c(OCc5cccc(O)c5)c4O)O3)cc2)=N1. The third-order valence-corrected chi connectivity index (χ3v) is 9.22. The molecule has 1 unspecified atom stereocenters. The van der Waals surface area contributed by atoms with Crippen LogP contribution in [0.25, 0.3) is 5.76 Å². The second-order valence-corrected chi connectivity index (χ2v) is 13.1. The molecule has 0 saturated carbocycles. The van der Waals surface area contributed by atoms with Crippen LogP contribution in [0.15, 0.2) is 87.8 Å². The van der Waals surface area contributed by atoms with E-state index in [9.17, 15) is 40.5 Å². The second kappa shape index (κ2) is 15.2. The minimum Gasteiger partial charge on any atom is -0.508 e. The fraction of sp³-hybridized carbons (Fsp3) is 0.289. The molecule has 7 rings (SSSR count). The highest BCUT2D eigenvalue weighted by Crippen LogP contribution is 2.51. The number of fused-ring (bicyclic) bond motifs is 1. The molecule has 4 aliphatic rings. The van der Waals surface area contributed by atoms with Gasteiger partial charge in [0.1, 0.15) is 71.3 Å². The second-order valence-electron chi connectivity index (χ2n) is 13.1. The number of carboxylic acids is 1. The maximum Gasteiger partial charge on any atom is 0.336 e. The molecule has 8 N–H and O–H groups in total. The number of nitrogens with one attached hydrogen (secondary N) is 1. The Bertz CT molecular complexity index is 2150. The van der Waals surface area contributed by atoms with Gasteiger partial charge in [-0.05, 0) is 47.5 Å². The Balaban J connectivity index is 1.16. The summed E-state index contributed by atoms with van der Waals surface area (Å²) in [5.41, 5.74) is -0.663. The van der Waals surface area contributed by atoms with Crippen LogP contribution in [-0.2, 0) is 16.1 Å². The average molecular weight is 757 g/mol. The molecular weight excluding hydrogens is 720 g/mol. The van der Waals surface area contributed by atoms with Gasteiger partial charge in [0, 0.05) is 36.4 Å². The van der Waals surface area contributed by atoms with Gasteiger partial charge in [-0.25, -0.2) is 14.8 Å². The molecule has 0 radical (unpaired) electrons. The van der Waals surface area contributed by atoms with Crippen molar-refractivity contribution in [3.63, 3.8) is 0 Å². The van der Waals surface area contributed by atoms with Gasteiger partial charge in [0.05, 0.1) is 13.2 Å². The summed E-state index contributed by atoms with van der Waals surface area (Å²) >= 11 is 0. The van der Waals surface area contributed by atoms with Crippen LogP contribution in [-0.4, -0.2) is 109 Å². The molecule has 1 fully saturated rings. The van der Waals surface area contributed by atoms with Crippen LogP contribution in [0.1, 0.15) is 35.6 Å². The van der Waals surface area contributed by atoms with Crippen molar-refractivity contribution in [1.82, 2.24) is 0 Å². The summed E-state index contributed by atoms with van der Waals surface area (Å²) in [6, 6.07) is 14.1. The fourth-order valence-corrected chi connectivity index (χ4v) is 6.47. The number of phenolic OH excluding ortho intramolecular Hbond substituents is 2. The van der Waals surface area contributed by atoms with Crippen LogP contribution >= 0.6 is 0 Å². The first-order chi connectivity index (χ1) is 26.4. The third kappa shape index (κ3) is 7.72. The molecule has 4 heterocycles. The summed E-state index contributed by atoms with van der Waals surface area (Å²) in [5.74, 6) is -2.87. The predicted octanol–water partition coefficient (Wildman–Crippen LogP) is 2.98. The van der Waals surface area contributed by atoms with Gasteiger partial charge in [0.2, 0.25) is 12.0 Å². The molecule has 0 bridgehead atoms. The van der Waals surface area contributed by atoms with Crippen molar-refractivity contribution in [2.75, 3.05) is 13.2 Å². The lowest BCUT2D eigenvalue weighted by Gasteiger charge is -2.46. The van der Waals surface area contributed by atoms with E-state index in [4.69, 9.17) is 29.1 Å². The minimum absolute atomic E-state index is 0.0496. The zero-order valence-electron chi connectivity index (χ0n) is 28.8. The number of aliphatic hydroxyl groups excluding tert-OH is 3. The number of hydrogen-bond acceptors (Lipinski definition) is 15. The van der Waals surface area contributed by atoms with Crippen molar-refractivity contribution in [2.45, 2.75) is 55.8 Å². The maximum atomic E-state index is 12.4. The number of aliphatic hydroxyl groups is 4. The molecule has 4 aliphatic heterocycles. The highest BCUT2D eigenvalue weighted by Gasteiger charge is 2.59. The zero-order valence-corrected chi connectivity index (χ0v) is 28.8.